The van der Waals surface area contributed by atoms with Gasteiger partial charge in [0.05, 0.1) is 29.8 Å². The van der Waals surface area contributed by atoms with Crippen LogP contribution >= 0.6 is 0 Å². The Balaban J connectivity index is 2.20. The largest absolute Gasteiger partial charge is 0.494 e. The topological polar surface area (TPSA) is 120 Å². The second kappa shape index (κ2) is 5.11. The van der Waals surface area contributed by atoms with E-state index in [2.05, 4.69) is 20.4 Å². The molecule has 9 nitrogen and oxygen atoms in total. The number of carbonyl (C=O) groups excluding carboxylic acids is 1. The molecule has 0 radical (unpaired) electrons. The molecule has 1 aliphatic rings. The average molecular weight is 303 g/mol. The molecule has 114 valence electrons. The van der Waals surface area contributed by atoms with Gasteiger partial charge in [0.2, 0.25) is 0 Å². The highest BCUT2D eigenvalue weighted by Crippen LogP contribution is 2.33. The standard InChI is InChI=1S/C13H13N5O4/c1-6-16-5-18(17-6)12-10-9(8(22-2)4-15-12)7(3-14-10)11(19)13(20)21/h3-6,14,17H,1-2H3,(H,20,21). The van der Waals surface area contributed by atoms with Gasteiger partial charge in [0.1, 0.15) is 18.3 Å². The fourth-order valence-corrected chi connectivity index (χ4v) is 2.29. The molecule has 0 saturated heterocycles. The molecule has 0 aromatic carbocycles. The summed E-state index contributed by atoms with van der Waals surface area (Å²) in [6.45, 7) is 1.87. The summed E-state index contributed by atoms with van der Waals surface area (Å²) in [5, 5.41) is 10.9. The Labute approximate surface area is 124 Å². The molecule has 22 heavy (non-hydrogen) atoms. The zero-order chi connectivity index (χ0) is 15.9. The van der Waals surface area contributed by atoms with Crippen molar-refractivity contribution in [3.63, 3.8) is 0 Å². The van der Waals surface area contributed by atoms with Gasteiger partial charge in [-0.25, -0.2) is 20.2 Å². The molecule has 0 amide bonds. The fourth-order valence-electron chi connectivity index (χ4n) is 2.29. The summed E-state index contributed by atoms with van der Waals surface area (Å²) in [6.07, 6.45) is 4.24. The number of ketones is 1. The van der Waals surface area contributed by atoms with E-state index in [1.54, 1.807) is 11.3 Å². The number of methoxy groups -OCH3 is 1. The van der Waals surface area contributed by atoms with Crippen LogP contribution in [0.2, 0.25) is 0 Å². The lowest BCUT2D eigenvalue weighted by Crippen LogP contribution is -2.36. The molecule has 3 rings (SSSR count). The number of hydrazine groups is 1. The molecule has 0 saturated carbocycles. The first kappa shape index (κ1) is 14.0. The van der Waals surface area contributed by atoms with Gasteiger partial charge < -0.3 is 14.8 Å². The van der Waals surface area contributed by atoms with E-state index in [4.69, 9.17) is 9.84 Å². The number of hydrogen-bond donors (Lipinski definition) is 3. The molecular formula is C13H13N5O4. The number of aromatic nitrogens is 2. The van der Waals surface area contributed by atoms with E-state index < -0.39 is 11.8 Å². The predicted molar refractivity (Wildman–Crippen MR) is 78.2 cm³/mol. The summed E-state index contributed by atoms with van der Waals surface area (Å²) in [5.41, 5.74) is 3.55. The number of H-pyrrole nitrogens is 1. The van der Waals surface area contributed by atoms with Crippen molar-refractivity contribution in [1.82, 2.24) is 15.4 Å². The smallest absolute Gasteiger partial charge is 0.377 e. The Morgan fingerprint density at radius 2 is 2.23 bits per heavy atom. The van der Waals surface area contributed by atoms with Crippen molar-refractivity contribution in [2.24, 2.45) is 4.99 Å². The molecule has 1 atom stereocenters. The van der Waals surface area contributed by atoms with Crippen LogP contribution in [-0.2, 0) is 4.79 Å². The number of rotatable bonds is 4. The third kappa shape index (κ3) is 2.07. The number of aliphatic imine (C=N–C) groups is 1. The molecule has 3 heterocycles. The Morgan fingerprint density at radius 1 is 1.45 bits per heavy atom. The number of aliphatic carboxylic acids is 1. The molecule has 3 N–H and O–H groups in total. The Kier molecular flexibility index (Phi) is 3.26. The number of nitrogens with zero attached hydrogens (tertiary/aromatic N) is 3. The van der Waals surface area contributed by atoms with Gasteiger partial charge in [-0.2, -0.15) is 0 Å². The summed E-state index contributed by atoms with van der Waals surface area (Å²) < 4.78 is 5.19. The molecule has 0 fully saturated rings. The maximum absolute atomic E-state index is 11.8. The van der Waals surface area contributed by atoms with Crippen LogP contribution in [0.25, 0.3) is 10.9 Å². The van der Waals surface area contributed by atoms with Crippen molar-refractivity contribution in [3.05, 3.63) is 18.0 Å². The zero-order valence-corrected chi connectivity index (χ0v) is 11.8. The maximum Gasteiger partial charge on any atom is 0.377 e. The average Bonchev–Trinajstić information content (AvgIpc) is 3.12. The number of aromatic amines is 1. The molecule has 1 unspecified atom stereocenters. The number of carboxylic acid groups (broad SMARTS) is 1. The van der Waals surface area contributed by atoms with Crippen LogP contribution < -0.4 is 15.2 Å². The number of carboxylic acids is 1. The van der Waals surface area contributed by atoms with Gasteiger partial charge in [0.15, 0.2) is 5.82 Å². The molecule has 1 aliphatic heterocycles. The Bertz CT molecular complexity index is 797. The first-order chi connectivity index (χ1) is 10.5. The maximum atomic E-state index is 11.8. The minimum absolute atomic E-state index is 0.0205. The number of fused-ring (bicyclic) bond motifs is 1. The van der Waals surface area contributed by atoms with Gasteiger partial charge in [-0.05, 0) is 6.92 Å². The highest BCUT2D eigenvalue weighted by atomic mass is 16.5. The zero-order valence-electron chi connectivity index (χ0n) is 11.8. The molecular weight excluding hydrogens is 290 g/mol. The van der Waals surface area contributed by atoms with Crippen molar-refractivity contribution in [3.8, 4) is 5.75 Å². The number of Topliss-reactive ketones (excluding diaryl/α,β-unsaturated/α-hetero) is 1. The predicted octanol–water partition coefficient (Wildman–Crippen LogP) is 0.538. The van der Waals surface area contributed by atoms with Crippen molar-refractivity contribution in [2.75, 3.05) is 12.1 Å². The van der Waals surface area contributed by atoms with Gasteiger partial charge in [0, 0.05) is 6.20 Å². The van der Waals surface area contributed by atoms with Crippen LogP contribution in [-0.4, -0.2) is 46.4 Å². The van der Waals surface area contributed by atoms with Crippen LogP contribution in [0.1, 0.15) is 17.3 Å². The first-order valence-corrected chi connectivity index (χ1v) is 6.43. The lowest BCUT2D eigenvalue weighted by atomic mass is 10.1. The summed E-state index contributed by atoms with van der Waals surface area (Å²) in [6, 6.07) is 0. The molecule has 2 aromatic rings. The van der Waals surface area contributed by atoms with Crippen LogP contribution in [0.4, 0.5) is 5.82 Å². The minimum Gasteiger partial charge on any atom is -0.494 e. The lowest BCUT2D eigenvalue weighted by Gasteiger charge is -2.16. The third-order valence-electron chi connectivity index (χ3n) is 3.27. The normalized spacial score (nSPS) is 17.2. The van der Waals surface area contributed by atoms with E-state index >= 15 is 0 Å². The van der Waals surface area contributed by atoms with E-state index in [0.717, 1.165) is 0 Å². The number of pyridine rings is 1. The molecule has 0 spiro atoms. The van der Waals surface area contributed by atoms with Crippen molar-refractivity contribution >= 4 is 34.8 Å². The van der Waals surface area contributed by atoms with Gasteiger partial charge in [0.25, 0.3) is 5.78 Å². The Morgan fingerprint density at radius 3 is 2.82 bits per heavy atom. The third-order valence-corrected chi connectivity index (χ3v) is 3.27. The van der Waals surface area contributed by atoms with E-state index in [1.165, 1.54) is 19.5 Å². The summed E-state index contributed by atoms with van der Waals surface area (Å²) in [4.78, 5) is 34.1. The molecule has 0 aliphatic carbocycles. The number of ether oxygens (including phenoxy) is 1. The van der Waals surface area contributed by atoms with E-state index in [1.807, 2.05) is 6.92 Å². The highest BCUT2D eigenvalue weighted by Gasteiger charge is 2.26. The fraction of sp³-hybridized carbons (Fsp3) is 0.231. The second-order valence-electron chi connectivity index (χ2n) is 4.68. The molecule has 9 heteroatoms. The van der Waals surface area contributed by atoms with Gasteiger partial charge in [-0.1, -0.05) is 0 Å². The van der Waals surface area contributed by atoms with Crippen LogP contribution in [0.15, 0.2) is 17.4 Å². The van der Waals surface area contributed by atoms with E-state index in [0.29, 0.717) is 22.5 Å². The van der Waals surface area contributed by atoms with Gasteiger partial charge in [-0.3, -0.25) is 9.79 Å². The number of nitrogens with one attached hydrogen (secondary N) is 2. The minimum atomic E-state index is -1.53. The van der Waals surface area contributed by atoms with Crippen molar-refractivity contribution in [2.45, 2.75) is 13.1 Å². The van der Waals surface area contributed by atoms with E-state index in [-0.39, 0.29) is 11.7 Å². The number of hydrogen-bond acceptors (Lipinski definition) is 7. The van der Waals surface area contributed by atoms with Crippen molar-refractivity contribution in [1.29, 1.82) is 0 Å². The number of carbonyl (C=O) groups is 2. The summed E-state index contributed by atoms with van der Waals surface area (Å²) in [5.74, 6) is -1.77. The van der Waals surface area contributed by atoms with Crippen LogP contribution in [0.5, 0.6) is 5.75 Å². The first-order valence-electron chi connectivity index (χ1n) is 6.43. The van der Waals surface area contributed by atoms with Crippen molar-refractivity contribution < 1.29 is 19.4 Å². The second-order valence-corrected chi connectivity index (χ2v) is 4.68. The number of anilines is 1. The summed E-state index contributed by atoms with van der Waals surface area (Å²) >= 11 is 0. The Hall–Kier alpha value is -2.94. The SMILES string of the molecule is COc1cnc(N2C=NC(C)N2)c2[nH]cc(C(=O)C(=O)O)c12. The molecule has 2 aromatic heterocycles. The molecule has 0 bridgehead atoms. The highest BCUT2D eigenvalue weighted by molar-refractivity contribution is 6.42. The van der Waals surface area contributed by atoms with E-state index in [9.17, 15) is 9.59 Å². The summed E-state index contributed by atoms with van der Waals surface area (Å²) in [7, 11) is 1.43. The quantitative estimate of drug-likeness (QED) is 0.557. The monoisotopic (exact) mass is 303 g/mol. The van der Waals surface area contributed by atoms with Crippen LogP contribution in [0, 0.1) is 0 Å². The van der Waals surface area contributed by atoms with Gasteiger partial charge in [-0.15, -0.1) is 0 Å². The van der Waals surface area contributed by atoms with Crippen LogP contribution in [0.3, 0.4) is 0 Å². The van der Waals surface area contributed by atoms with Gasteiger partial charge >= 0.3 is 5.97 Å². The lowest BCUT2D eigenvalue weighted by molar-refractivity contribution is -0.131.